The number of nitrogens with one attached hydrogen (secondary N) is 1. The third-order valence-electron chi connectivity index (χ3n) is 4.52. The number of amides is 1. The van der Waals surface area contributed by atoms with Crippen LogP contribution in [0.1, 0.15) is 40.5 Å². The Balaban J connectivity index is 2.20. The van der Waals surface area contributed by atoms with Gasteiger partial charge in [0, 0.05) is 24.7 Å². The van der Waals surface area contributed by atoms with Crippen LogP contribution in [0.4, 0.5) is 0 Å². The van der Waals surface area contributed by atoms with Gasteiger partial charge in [-0.2, -0.15) is 0 Å². The van der Waals surface area contributed by atoms with Gasteiger partial charge in [-0.3, -0.25) is 15.0 Å². The number of carbonyl (C=O) groups is 1. The summed E-state index contributed by atoms with van der Waals surface area (Å²) in [5, 5.41) is 3.48. The minimum atomic E-state index is -0.594. The van der Waals surface area contributed by atoms with Crippen molar-refractivity contribution in [3.05, 3.63) is 0 Å². The Morgan fingerprint density at radius 2 is 2.15 bits per heavy atom. The molecule has 0 radical (unpaired) electrons. The highest BCUT2D eigenvalue weighted by Crippen LogP contribution is 2.41. The first kappa shape index (κ1) is 15.7. The smallest absolute Gasteiger partial charge is 0.239 e. The minimum absolute atomic E-state index is 0.0491. The fourth-order valence-corrected chi connectivity index (χ4v) is 3.22. The second-order valence-corrected chi connectivity index (χ2v) is 7.20. The topological polar surface area (TPSA) is 67.6 Å². The lowest BCUT2D eigenvalue weighted by atomic mass is 9.88. The van der Waals surface area contributed by atoms with Gasteiger partial charge < -0.3 is 10.5 Å². The van der Waals surface area contributed by atoms with Crippen molar-refractivity contribution in [3.63, 3.8) is 0 Å². The van der Waals surface area contributed by atoms with Crippen LogP contribution in [-0.2, 0) is 9.53 Å². The van der Waals surface area contributed by atoms with E-state index in [1.54, 1.807) is 0 Å². The largest absolute Gasteiger partial charge is 0.378 e. The van der Waals surface area contributed by atoms with Gasteiger partial charge in [-0.1, -0.05) is 0 Å². The van der Waals surface area contributed by atoms with Gasteiger partial charge in [-0.05, 0) is 46.5 Å². The molecule has 1 aliphatic heterocycles. The third-order valence-corrected chi connectivity index (χ3v) is 4.52. The van der Waals surface area contributed by atoms with E-state index in [0.29, 0.717) is 19.1 Å². The third kappa shape index (κ3) is 3.15. The predicted molar refractivity (Wildman–Crippen MR) is 79.4 cm³/mol. The summed E-state index contributed by atoms with van der Waals surface area (Å²) in [5.74, 6) is 0.164. The molecular formula is C15H29N3O2. The van der Waals surface area contributed by atoms with Crippen LogP contribution < -0.4 is 11.1 Å². The molecule has 20 heavy (non-hydrogen) atoms. The first-order valence-corrected chi connectivity index (χ1v) is 7.68. The maximum absolute atomic E-state index is 12.2. The van der Waals surface area contributed by atoms with Crippen molar-refractivity contribution in [1.29, 1.82) is 0 Å². The molecule has 1 unspecified atom stereocenters. The molecule has 0 aromatic heterocycles. The van der Waals surface area contributed by atoms with Gasteiger partial charge in [0.2, 0.25) is 5.91 Å². The van der Waals surface area contributed by atoms with Gasteiger partial charge in [0.05, 0.1) is 13.2 Å². The van der Waals surface area contributed by atoms with Crippen LogP contribution in [0.5, 0.6) is 0 Å². The normalized spacial score (nSPS) is 26.4. The molecule has 2 rings (SSSR count). The van der Waals surface area contributed by atoms with Crippen molar-refractivity contribution in [2.75, 3.05) is 26.3 Å². The van der Waals surface area contributed by atoms with Crippen molar-refractivity contribution in [1.82, 2.24) is 10.2 Å². The van der Waals surface area contributed by atoms with E-state index in [2.05, 4.69) is 37.9 Å². The Morgan fingerprint density at radius 1 is 1.50 bits per heavy atom. The number of hydrogen-bond acceptors (Lipinski definition) is 4. The number of hydrogen-bond donors (Lipinski definition) is 2. The van der Waals surface area contributed by atoms with Gasteiger partial charge in [-0.25, -0.2) is 0 Å². The summed E-state index contributed by atoms with van der Waals surface area (Å²) in [5.41, 5.74) is 5.16. The van der Waals surface area contributed by atoms with Gasteiger partial charge in [0.25, 0.3) is 0 Å². The number of carbonyl (C=O) groups excluding carboxylic acids is 1. The summed E-state index contributed by atoms with van der Waals surface area (Å²) >= 11 is 0. The van der Waals surface area contributed by atoms with Crippen LogP contribution >= 0.6 is 0 Å². The maximum Gasteiger partial charge on any atom is 0.239 e. The van der Waals surface area contributed by atoms with Crippen molar-refractivity contribution < 1.29 is 9.53 Å². The van der Waals surface area contributed by atoms with E-state index in [1.165, 1.54) is 0 Å². The Bertz CT molecular complexity index is 366. The maximum atomic E-state index is 12.2. The zero-order valence-electron chi connectivity index (χ0n) is 13.2. The Labute approximate surface area is 122 Å². The first-order chi connectivity index (χ1) is 9.28. The van der Waals surface area contributed by atoms with E-state index in [9.17, 15) is 4.79 Å². The monoisotopic (exact) mass is 283 g/mol. The molecule has 1 saturated heterocycles. The van der Waals surface area contributed by atoms with Crippen molar-refractivity contribution in [2.24, 2.45) is 11.7 Å². The zero-order valence-corrected chi connectivity index (χ0v) is 13.2. The molecule has 1 amide bonds. The van der Waals surface area contributed by atoms with Gasteiger partial charge in [-0.15, -0.1) is 0 Å². The van der Waals surface area contributed by atoms with Crippen LogP contribution in [0.15, 0.2) is 0 Å². The number of rotatable bonds is 6. The van der Waals surface area contributed by atoms with Gasteiger partial charge in [0.15, 0.2) is 0 Å². The molecule has 2 fully saturated rings. The molecule has 0 aromatic carbocycles. The molecule has 3 N–H and O–H groups in total. The molecule has 5 nitrogen and oxygen atoms in total. The second-order valence-electron chi connectivity index (χ2n) is 7.20. The van der Waals surface area contributed by atoms with E-state index in [4.69, 9.17) is 10.5 Å². The van der Waals surface area contributed by atoms with Crippen LogP contribution in [-0.4, -0.2) is 54.2 Å². The lowest BCUT2D eigenvalue weighted by Gasteiger charge is -2.47. The molecule has 1 atom stereocenters. The Morgan fingerprint density at radius 3 is 2.60 bits per heavy atom. The SMILES string of the molecule is CC(C)NC(CN1CCOCC1(C)C)(C(N)=O)C1CC1. The summed E-state index contributed by atoms with van der Waals surface area (Å²) in [6, 6.07) is 0.243. The van der Waals surface area contributed by atoms with Crippen molar-refractivity contribution in [2.45, 2.75) is 57.7 Å². The molecule has 1 aliphatic carbocycles. The standard InChI is InChI=1S/C15H29N3O2/c1-11(2)17-15(13(16)19,12-5-6-12)9-18-7-8-20-10-14(18,3)4/h11-12,17H,5-10H2,1-4H3,(H2,16,19). The van der Waals surface area contributed by atoms with Crippen LogP contribution in [0.2, 0.25) is 0 Å². The number of primary amides is 1. The fraction of sp³-hybridized carbons (Fsp3) is 0.933. The summed E-state index contributed by atoms with van der Waals surface area (Å²) < 4.78 is 5.57. The highest BCUT2D eigenvalue weighted by atomic mass is 16.5. The average molecular weight is 283 g/mol. The summed E-state index contributed by atoms with van der Waals surface area (Å²) in [7, 11) is 0. The second kappa shape index (κ2) is 5.62. The highest BCUT2D eigenvalue weighted by molar-refractivity contribution is 5.86. The quantitative estimate of drug-likeness (QED) is 0.754. The molecule has 5 heteroatoms. The van der Waals surface area contributed by atoms with Crippen LogP contribution in [0, 0.1) is 5.92 Å². The van der Waals surface area contributed by atoms with E-state index in [1.807, 2.05) is 0 Å². The Hall–Kier alpha value is -0.650. The van der Waals surface area contributed by atoms with Crippen molar-refractivity contribution >= 4 is 5.91 Å². The van der Waals surface area contributed by atoms with Crippen LogP contribution in [0.25, 0.3) is 0 Å². The van der Waals surface area contributed by atoms with E-state index >= 15 is 0 Å². The highest BCUT2D eigenvalue weighted by Gasteiger charge is 2.52. The lowest BCUT2D eigenvalue weighted by molar-refractivity contribution is -0.129. The van der Waals surface area contributed by atoms with Crippen LogP contribution in [0.3, 0.4) is 0 Å². The molecular weight excluding hydrogens is 254 g/mol. The fourth-order valence-electron chi connectivity index (χ4n) is 3.22. The van der Waals surface area contributed by atoms with E-state index < -0.39 is 5.54 Å². The number of nitrogens with two attached hydrogens (primary N) is 1. The number of morpholine rings is 1. The molecule has 0 bridgehead atoms. The molecule has 0 aromatic rings. The van der Waals surface area contributed by atoms with Gasteiger partial charge >= 0.3 is 0 Å². The summed E-state index contributed by atoms with van der Waals surface area (Å²) in [6.45, 7) is 11.4. The predicted octanol–water partition coefficient (Wildman–Crippen LogP) is 0.729. The van der Waals surface area contributed by atoms with Crippen molar-refractivity contribution in [3.8, 4) is 0 Å². The number of ether oxygens (including phenoxy) is 1. The molecule has 2 aliphatic rings. The zero-order chi connectivity index (χ0) is 15.0. The summed E-state index contributed by atoms with van der Waals surface area (Å²) in [6.07, 6.45) is 2.18. The van der Waals surface area contributed by atoms with Gasteiger partial charge in [0.1, 0.15) is 5.54 Å². The number of nitrogens with zero attached hydrogens (tertiary/aromatic N) is 1. The van der Waals surface area contributed by atoms with E-state index in [-0.39, 0.29) is 17.5 Å². The molecule has 0 spiro atoms. The minimum Gasteiger partial charge on any atom is -0.378 e. The molecule has 116 valence electrons. The average Bonchev–Trinajstić information content (AvgIpc) is 3.13. The molecule has 1 heterocycles. The Kier molecular flexibility index (Phi) is 4.42. The first-order valence-electron chi connectivity index (χ1n) is 7.68. The van der Waals surface area contributed by atoms with E-state index in [0.717, 1.165) is 26.0 Å². The lowest BCUT2D eigenvalue weighted by Crippen LogP contribution is -2.68. The molecule has 1 saturated carbocycles. The summed E-state index contributed by atoms with van der Waals surface area (Å²) in [4.78, 5) is 14.6.